The van der Waals surface area contributed by atoms with Gasteiger partial charge in [0.15, 0.2) is 0 Å². The zero-order valence-corrected chi connectivity index (χ0v) is 6.36. The van der Waals surface area contributed by atoms with Crippen LogP contribution >= 0.6 is 0 Å². The van der Waals surface area contributed by atoms with Gasteiger partial charge in [0, 0.05) is 12.4 Å². The van der Waals surface area contributed by atoms with Crippen molar-refractivity contribution in [3.8, 4) is 0 Å². The summed E-state index contributed by atoms with van der Waals surface area (Å²) in [6.07, 6.45) is 6.99. The number of aromatic nitrogens is 3. The SMILES string of the molecule is c1cncc(Nc2cn[nH]c2)c1. The van der Waals surface area contributed by atoms with Crippen LogP contribution in [0.2, 0.25) is 0 Å². The van der Waals surface area contributed by atoms with Crippen LogP contribution in [0.3, 0.4) is 0 Å². The van der Waals surface area contributed by atoms with Crippen LogP contribution in [-0.2, 0) is 0 Å². The fourth-order valence-electron chi connectivity index (χ4n) is 0.923. The van der Waals surface area contributed by atoms with E-state index in [9.17, 15) is 0 Å². The Balaban J connectivity index is 2.15. The molecule has 0 radical (unpaired) electrons. The average molecular weight is 160 g/mol. The Morgan fingerprint density at radius 2 is 2.25 bits per heavy atom. The minimum atomic E-state index is 0.933. The van der Waals surface area contributed by atoms with Crippen molar-refractivity contribution in [2.45, 2.75) is 0 Å². The lowest BCUT2D eigenvalue weighted by Crippen LogP contribution is -1.87. The number of nitrogens with one attached hydrogen (secondary N) is 2. The third-order valence-corrected chi connectivity index (χ3v) is 1.45. The van der Waals surface area contributed by atoms with E-state index in [0.29, 0.717) is 0 Å². The molecule has 0 fully saturated rings. The summed E-state index contributed by atoms with van der Waals surface area (Å²) < 4.78 is 0. The van der Waals surface area contributed by atoms with Crippen LogP contribution in [0.25, 0.3) is 0 Å². The number of aromatic amines is 1. The van der Waals surface area contributed by atoms with Crippen molar-refractivity contribution in [2.24, 2.45) is 0 Å². The number of anilines is 2. The van der Waals surface area contributed by atoms with E-state index in [-0.39, 0.29) is 0 Å². The number of rotatable bonds is 2. The minimum Gasteiger partial charge on any atom is -0.352 e. The van der Waals surface area contributed by atoms with E-state index in [2.05, 4.69) is 20.5 Å². The van der Waals surface area contributed by atoms with Crippen molar-refractivity contribution in [3.05, 3.63) is 36.9 Å². The van der Waals surface area contributed by atoms with Crippen LogP contribution in [0.5, 0.6) is 0 Å². The van der Waals surface area contributed by atoms with Crippen molar-refractivity contribution in [1.82, 2.24) is 15.2 Å². The van der Waals surface area contributed by atoms with Gasteiger partial charge in [-0.2, -0.15) is 5.10 Å². The highest BCUT2D eigenvalue weighted by Gasteiger charge is 1.92. The highest BCUT2D eigenvalue weighted by atomic mass is 15.1. The van der Waals surface area contributed by atoms with Gasteiger partial charge in [-0.3, -0.25) is 10.1 Å². The molecular formula is C8H8N4. The summed E-state index contributed by atoms with van der Waals surface area (Å²) in [5, 5.41) is 9.66. The first kappa shape index (κ1) is 6.84. The second kappa shape index (κ2) is 3.04. The standard InChI is InChI=1S/C8H8N4/c1-2-7(4-9-3-1)12-8-5-10-11-6-8/h1-6,12H,(H,10,11). The highest BCUT2D eigenvalue weighted by Crippen LogP contribution is 2.11. The zero-order valence-electron chi connectivity index (χ0n) is 6.36. The van der Waals surface area contributed by atoms with Gasteiger partial charge in [-0.25, -0.2) is 0 Å². The van der Waals surface area contributed by atoms with Crippen LogP contribution in [0.1, 0.15) is 0 Å². The normalized spacial score (nSPS) is 9.67. The maximum absolute atomic E-state index is 3.97. The van der Waals surface area contributed by atoms with Gasteiger partial charge in [0.05, 0.1) is 23.8 Å². The molecule has 0 aliphatic heterocycles. The summed E-state index contributed by atoms with van der Waals surface area (Å²) in [6.45, 7) is 0. The van der Waals surface area contributed by atoms with E-state index in [1.54, 1.807) is 24.8 Å². The summed E-state index contributed by atoms with van der Waals surface area (Å²) in [5.41, 5.74) is 1.89. The Kier molecular flexibility index (Phi) is 1.74. The predicted molar refractivity (Wildman–Crippen MR) is 46.1 cm³/mol. The average Bonchev–Trinajstić information content (AvgIpc) is 2.59. The van der Waals surface area contributed by atoms with E-state index >= 15 is 0 Å². The summed E-state index contributed by atoms with van der Waals surface area (Å²) in [4.78, 5) is 3.97. The lowest BCUT2D eigenvalue weighted by molar-refractivity contribution is 1.09. The molecule has 12 heavy (non-hydrogen) atoms. The Morgan fingerprint density at radius 3 is 2.92 bits per heavy atom. The summed E-state index contributed by atoms with van der Waals surface area (Å²) in [5.74, 6) is 0. The molecule has 4 nitrogen and oxygen atoms in total. The number of nitrogens with zero attached hydrogens (tertiary/aromatic N) is 2. The second-order valence-electron chi connectivity index (χ2n) is 2.35. The first-order valence-corrected chi connectivity index (χ1v) is 3.61. The fourth-order valence-corrected chi connectivity index (χ4v) is 0.923. The molecule has 2 aromatic rings. The van der Waals surface area contributed by atoms with Gasteiger partial charge < -0.3 is 5.32 Å². The Bertz CT molecular complexity index is 327. The molecule has 0 aromatic carbocycles. The minimum absolute atomic E-state index is 0.933. The van der Waals surface area contributed by atoms with Crippen molar-refractivity contribution >= 4 is 11.4 Å². The van der Waals surface area contributed by atoms with Crippen LogP contribution in [0.15, 0.2) is 36.9 Å². The van der Waals surface area contributed by atoms with Gasteiger partial charge in [-0.15, -0.1) is 0 Å². The number of pyridine rings is 1. The predicted octanol–water partition coefficient (Wildman–Crippen LogP) is 1.55. The van der Waals surface area contributed by atoms with Gasteiger partial charge in [-0.1, -0.05) is 0 Å². The molecule has 0 unspecified atom stereocenters. The quantitative estimate of drug-likeness (QED) is 0.700. The van der Waals surface area contributed by atoms with E-state index in [1.807, 2.05) is 12.1 Å². The Morgan fingerprint density at radius 1 is 1.25 bits per heavy atom. The van der Waals surface area contributed by atoms with Crippen molar-refractivity contribution < 1.29 is 0 Å². The summed E-state index contributed by atoms with van der Waals surface area (Å²) in [6, 6.07) is 3.82. The maximum atomic E-state index is 3.97. The van der Waals surface area contributed by atoms with Gasteiger partial charge in [0.1, 0.15) is 0 Å². The van der Waals surface area contributed by atoms with Gasteiger partial charge in [-0.05, 0) is 12.1 Å². The third-order valence-electron chi connectivity index (χ3n) is 1.45. The van der Waals surface area contributed by atoms with Crippen molar-refractivity contribution in [1.29, 1.82) is 0 Å². The first-order valence-electron chi connectivity index (χ1n) is 3.61. The molecule has 0 bridgehead atoms. The molecule has 2 aromatic heterocycles. The number of hydrogen-bond donors (Lipinski definition) is 2. The van der Waals surface area contributed by atoms with Crippen molar-refractivity contribution in [2.75, 3.05) is 5.32 Å². The molecule has 0 saturated heterocycles. The highest BCUT2D eigenvalue weighted by molar-refractivity contribution is 5.56. The molecule has 2 rings (SSSR count). The molecule has 0 saturated carbocycles. The lowest BCUT2D eigenvalue weighted by Gasteiger charge is -1.99. The zero-order chi connectivity index (χ0) is 8.23. The first-order chi connectivity index (χ1) is 5.95. The largest absolute Gasteiger partial charge is 0.352 e. The van der Waals surface area contributed by atoms with E-state index < -0.39 is 0 Å². The van der Waals surface area contributed by atoms with Crippen LogP contribution in [0, 0.1) is 0 Å². The van der Waals surface area contributed by atoms with E-state index in [1.165, 1.54) is 0 Å². The molecule has 0 aliphatic rings. The molecule has 0 aliphatic carbocycles. The number of H-pyrrole nitrogens is 1. The summed E-state index contributed by atoms with van der Waals surface area (Å²) in [7, 11) is 0. The smallest absolute Gasteiger partial charge is 0.0768 e. The monoisotopic (exact) mass is 160 g/mol. The molecule has 0 amide bonds. The third kappa shape index (κ3) is 1.42. The molecule has 60 valence electrons. The fraction of sp³-hybridized carbons (Fsp3) is 0. The molecule has 2 N–H and O–H groups in total. The summed E-state index contributed by atoms with van der Waals surface area (Å²) >= 11 is 0. The number of hydrogen-bond acceptors (Lipinski definition) is 3. The molecular weight excluding hydrogens is 152 g/mol. The molecule has 4 heteroatoms. The van der Waals surface area contributed by atoms with Crippen LogP contribution in [-0.4, -0.2) is 15.2 Å². The second-order valence-corrected chi connectivity index (χ2v) is 2.35. The van der Waals surface area contributed by atoms with Crippen molar-refractivity contribution in [3.63, 3.8) is 0 Å². The Labute approximate surface area is 69.7 Å². The molecule has 0 atom stereocenters. The molecule has 2 heterocycles. The topological polar surface area (TPSA) is 53.6 Å². The van der Waals surface area contributed by atoms with Crippen LogP contribution in [0.4, 0.5) is 11.4 Å². The van der Waals surface area contributed by atoms with Gasteiger partial charge >= 0.3 is 0 Å². The maximum Gasteiger partial charge on any atom is 0.0768 e. The van der Waals surface area contributed by atoms with Gasteiger partial charge in [0.25, 0.3) is 0 Å². The van der Waals surface area contributed by atoms with E-state index in [0.717, 1.165) is 11.4 Å². The Hall–Kier alpha value is -1.84. The van der Waals surface area contributed by atoms with Crippen LogP contribution < -0.4 is 5.32 Å². The van der Waals surface area contributed by atoms with E-state index in [4.69, 9.17) is 0 Å². The lowest BCUT2D eigenvalue weighted by atomic mass is 10.4. The molecule has 0 spiro atoms. The van der Waals surface area contributed by atoms with Gasteiger partial charge in [0.2, 0.25) is 0 Å².